The molecule has 34 heavy (non-hydrogen) atoms. The second kappa shape index (κ2) is 10.7. The molecule has 0 spiro atoms. The fourth-order valence-corrected chi connectivity index (χ4v) is 5.08. The standard InChI is InChI=1S/C27H32N2O5/c1-29(12-6-11-26(31)32)25(30)15-18-13-19(14-18)16-28-27(33)34-17-24-22-9-4-2-7-20(22)21-8-3-5-10-23(21)24/h2-5,7-10,18-19,24H,6,11-17H2,1H3,(H,28,33)(H,31,32). The number of benzene rings is 2. The van der Waals surface area contributed by atoms with Crippen molar-refractivity contribution in [3.8, 4) is 11.1 Å². The van der Waals surface area contributed by atoms with Gasteiger partial charge < -0.3 is 20.1 Å². The fraction of sp³-hybridized carbons (Fsp3) is 0.444. The number of hydrogen-bond donors (Lipinski definition) is 2. The molecule has 0 saturated heterocycles. The number of carbonyl (C=O) groups excluding carboxylic acids is 2. The van der Waals surface area contributed by atoms with Crippen molar-refractivity contribution in [2.24, 2.45) is 11.8 Å². The first-order valence-electron chi connectivity index (χ1n) is 12.0. The van der Waals surface area contributed by atoms with Crippen LogP contribution in [0.1, 0.15) is 49.1 Å². The molecule has 0 bridgehead atoms. The molecule has 4 rings (SSSR count). The van der Waals surface area contributed by atoms with Gasteiger partial charge in [0.05, 0.1) is 0 Å². The second-order valence-corrected chi connectivity index (χ2v) is 9.43. The van der Waals surface area contributed by atoms with Crippen LogP contribution in [0.5, 0.6) is 0 Å². The van der Waals surface area contributed by atoms with E-state index in [0.717, 1.165) is 12.8 Å². The first-order valence-corrected chi connectivity index (χ1v) is 12.0. The third kappa shape index (κ3) is 5.58. The van der Waals surface area contributed by atoms with E-state index in [1.165, 1.54) is 22.3 Å². The summed E-state index contributed by atoms with van der Waals surface area (Å²) in [4.78, 5) is 36.8. The van der Waals surface area contributed by atoms with Crippen molar-refractivity contribution in [2.45, 2.75) is 38.0 Å². The van der Waals surface area contributed by atoms with Gasteiger partial charge in [0, 0.05) is 38.9 Å². The number of carboxylic acid groups (broad SMARTS) is 1. The van der Waals surface area contributed by atoms with Gasteiger partial charge in [-0.05, 0) is 53.4 Å². The minimum Gasteiger partial charge on any atom is -0.481 e. The predicted molar refractivity (Wildman–Crippen MR) is 128 cm³/mol. The second-order valence-electron chi connectivity index (χ2n) is 9.43. The molecule has 7 nitrogen and oxygen atoms in total. The molecule has 0 aliphatic heterocycles. The number of rotatable bonds is 10. The number of nitrogens with zero attached hydrogens (tertiary/aromatic N) is 1. The molecule has 1 fully saturated rings. The van der Waals surface area contributed by atoms with Crippen molar-refractivity contribution in [1.82, 2.24) is 10.2 Å². The molecule has 2 aromatic rings. The molecular weight excluding hydrogens is 432 g/mol. The molecular formula is C27H32N2O5. The summed E-state index contributed by atoms with van der Waals surface area (Å²) in [5, 5.41) is 11.6. The third-order valence-electron chi connectivity index (χ3n) is 6.99. The molecule has 2 aliphatic rings. The normalized spacial score (nSPS) is 18.4. The summed E-state index contributed by atoms with van der Waals surface area (Å²) in [5.74, 6) is -0.0611. The molecule has 2 aliphatic carbocycles. The lowest BCUT2D eigenvalue weighted by atomic mass is 9.73. The highest BCUT2D eigenvalue weighted by Crippen LogP contribution is 2.44. The number of hydrogen-bond acceptors (Lipinski definition) is 4. The number of amides is 2. The Morgan fingerprint density at radius 3 is 2.24 bits per heavy atom. The van der Waals surface area contributed by atoms with E-state index in [4.69, 9.17) is 9.84 Å². The van der Waals surface area contributed by atoms with E-state index in [-0.39, 0.29) is 18.2 Å². The average molecular weight is 465 g/mol. The molecule has 180 valence electrons. The third-order valence-corrected chi connectivity index (χ3v) is 6.99. The Morgan fingerprint density at radius 2 is 1.62 bits per heavy atom. The lowest BCUT2D eigenvalue weighted by Crippen LogP contribution is -2.39. The van der Waals surface area contributed by atoms with Gasteiger partial charge in [-0.2, -0.15) is 0 Å². The van der Waals surface area contributed by atoms with Gasteiger partial charge in [-0.15, -0.1) is 0 Å². The van der Waals surface area contributed by atoms with Crippen molar-refractivity contribution in [3.05, 3.63) is 59.7 Å². The van der Waals surface area contributed by atoms with Crippen LogP contribution in [0.15, 0.2) is 48.5 Å². The van der Waals surface area contributed by atoms with E-state index in [1.807, 2.05) is 24.3 Å². The van der Waals surface area contributed by atoms with Crippen LogP contribution in [0, 0.1) is 11.8 Å². The van der Waals surface area contributed by atoms with Crippen molar-refractivity contribution in [1.29, 1.82) is 0 Å². The zero-order valence-corrected chi connectivity index (χ0v) is 19.5. The maximum atomic E-state index is 12.3. The minimum absolute atomic E-state index is 0.0460. The maximum Gasteiger partial charge on any atom is 0.407 e. The van der Waals surface area contributed by atoms with Gasteiger partial charge in [-0.25, -0.2) is 4.79 Å². The van der Waals surface area contributed by atoms with Crippen LogP contribution >= 0.6 is 0 Å². The van der Waals surface area contributed by atoms with Crippen molar-refractivity contribution in [2.75, 3.05) is 26.7 Å². The van der Waals surface area contributed by atoms with Crippen molar-refractivity contribution in [3.63, 3.8) is 0 Å². The SMILES string of the molecule is CN(CCCC(=O)O)C(=O)CC1CC(CNC(=O)OCC2c3ccccc3-c3ccccc32)C1. The number of aliphatic carboxylic acids is 1. The predicted octanol–water partition coefficient (Wildman–Crippen LogP) is 4.26. The van der Waals surface area contributed by atoms with Gasteiger partial charge in [0.15, 0.2) is 0 Å². The Balaban J connectivity index is 1.15. The largest absolute Gasteiger partial charge is 0.481 e. The number of ether oxygens (including phenoxy) is 1. The first kappa shape index (κ1) is 23.8. The van der Waals surface area contributed by atoms with Gasteiger partial charge in [0.25, 0.3) is 0 Å². The van der Waals surface area contributed by atoms with Crippen LogP contribution in [0.25, 0.3) is 11.1 Å². The molecule has 0 atom stereocenters. The summed E-state index contributed by atoms with van der Waals surface area (Å²) < 4.78 is 5.58. The molecule has 2 aromatic carbocycles. The van der Waals surface area contributed by atoms with E-state index in [2.05, 4.69) is 29.6 Å². The van der Waals surface area contributed by atoms with E-state index in [9.17, 15) is 14.4 Å². The summed E-state index contributed by atoms with van der Waals surface area (Å²) in [7, 11) is 1.72. The Labute approximate surface area is 200 Å². The van der Waals surface area contributed by atoms with Crippen molar-refractivity contribution < 1.29 is 24.2 Å². The van der Waals surface area contributed by atoms with E-state index >= 15 is 0 Å². The van der Waals surface area contributed by atoms with E-state index < -0.39 is 12.1 Å². The van der Waals surface area contributed by atoms with Gasteiger partial charge in [0.1, 0.15) is 6.61 Å². The van der Waals surface area contributed by atoms with Crippen LogP contribution in [0.2, 0.25) is 0 Å². The number of nitrogens with one attached hydrogen (secondary N) is 1. The van der Waals surface area contributed by atoms with E-state index in [0.29, 0.717) is 44.4 Å². The number of fused-ring (bicyclic) bond motifs is 3. The Hall–Kier alpha value is -3.35. The van der Waals surface area contributed by atoms with Crippen LogP contribution in [0.3, 0.4) is 0 Å². The fourth-order valence-electron chi connectivity index (χ4n) is 5.08. The lowest BCUT2D eigenvalue weighted by molar-refractivity contribution is -0.138. The van der Waals surface area contributed by atoms with Crippen LogP contribution < -0.4 is 5.32 Å². The topological polar surface area (TPSA) is 95.9 Å². The van der Waals surface area contributed by atoms with Crippen LogP contribution in [0.4, 0.5) is 4.79 Å². The van der Waals surface area contributed by atoms with Gasteiger partial charge in [-0.3, -0.25) is 9.59 Å². The van der Waals surface area contributed by atoms with Crippen LogP contribution in [-0.2, 0) is 14.3 Å². The summed E-state index contributed by atoms with van der Waals surface area (Å²) in [6, 6.07) is 16.5. The highest BCUT2D eigenvalue weighted by atomic mass is 16.5. The lowest BCUT2D eigenvalue weighted by Gasteiger charge is -2.35. The molecule has 2 N–H and O–H groups in total. The maximum absolute atomic E-state index is 12.3. The highest BCUT2D eigenvalue weighted by Gasteiger charge is 2.32. The first-order chi connectivity index (χ1) is 16.4. The molecule has 0 radical (unpaired) electrons. The smallest absolute Gasteiger partial charge is 0.407 e. The number of alkyl carbamates (subject to hydrolysis) is 1. The van der Waals surface area contributed by atoms with E-state index in [1.54, 1.807) is 11.9 Å². The van der Waals surface area contributed by atoms with Crippen LogP contribution in [-0.4, -0.2) is 54.7 Å². The Bertz CT molecular complexity index is 1000. The van der Waals surface area contributed by atoms with Gasteiger partial charge in [0.2, 0.25) is 5.91 Å². The summed E-state index contributed by atoms with van der Waals surface area (Å²) in [6.07, 6.45) is 2.42. The average Bonchev–Trinajstić information content (AvgIpc) is 3.12. The monoisotopic (exact) mass is 464 g/mol. The summed E-state index contributed by atoms with van der Waals surface area (Å²) in [5.41, 5.74) is 4.79. The number of carbonyl (C=O) groups is 3. The minimum atomic E-state index is -0.841. The highest BCUT2D eigenvalue weighted by molar-refractivity contribution is 5.79. The molecule has 0 unspecified atom stereocenters. The number of carboxylic acids is 1. The van der Waals surface area contributed by atoms with Gasteiger partial charge in [-0.1, -0.05) is 48.5 Å². The molecule has 0 heterocycles. The van der Waals surface area contributed by atoms with Gasteiger partial charge >= 0.3 is 12.1 Å². The summed E-state index contributed by atoms with van der Waals surface area (Å²) in [6.45, 7) is 1.32. The van der Waals surface area contributed by atoms with Crippen molar-refractivity contribution >= 4 is 18.0 Å². The Morgan fingerprint density at radius 1 is 1.00 bits per heavy atom. The molecule has 1 saturated carbocycles. The molecule has 0 aromatic heterocycles. The zero-order valence-electron chi connectivity index (χ0n) is 19.5. The Kier molecular flexibility index (Phi) is 7.50. The molecule has 7 heteroatoms. The quantitative estimate of drug-likeness (QED) is 0.548. The zero-order chi connectivity index (χ0) is 24.1. The summed E-state index contributed by atoms with van der Waals surface area (Å²) >= 11 is 0. The molecule has 2 amide bonds.